The third kappa shape index (κ3) is 2.47. The van der Waals surface area contributed by atoms with Crippen molar-refractivity contribution in [3.05, 3.63) is 12.4 Å². The van der Waals surface area contributed by atoms with E-state index in [1.165, 1.54) is 6.42 Å². The fourth-order valence-electron chi connectivity index (χ4n) is 1.20. The van der Waals surface area contributed by atoms with Crippen LogP contribution in [0.5, 0.6) is 0 Å². The number of rotatable bonds is 4. The van der Waals surface area contributed by atoms with Gasteiger partial charge in [-0.15, -0.1) is 0 Å². The Labute approximate surface area is 80.2 Å². The maximum atomic E-state index is 4.22. The van der Waals surface area contributed by atoms with Crippen molar-refractivity contribution in [2.45, 2.75) is 33.2 Å². The summed E-state index contributed by atoms with van der Waals surface area (Å²) in [7, 11) is 2.00. The van der Waals surface area contributed by atoms with Gasteiger partial charge in [0.2, 0.25) is 5.95 Å². The van der Waals surface area contributed by atoms with Gasteiger partial charge in [-0.05, 0) is 12.8 Å². The lowest BCUT2D eigenvalue weighted by Crippen LogP contribution is -2.24. The van der Waals surface area contributed by atoms with Crippen molar-refractivity contribution in [1.82, 2.24) is 9.55 Å². The second-order valence-corrected chi connectivity index (χ2v) is 3.68. The van der Waals surface area contributed by atoms with E-state index >= 15 is 0 Å². The summed E-state index contributed by atoms with van der Waals surface area (Å²) in [5.74, 6) is 1.63. The first-order chi connectivity index (χ1) is 6.15. The highest BCUT2D eigenvalue weighted by Gasteiger charge is 2.11. The molecule has 0 fully saturated rings. The van der Waals surface area contributed by atoms with E-state index in [0.717, 1.165) is 5.95 Å². The molecule has 3 nitrogen and oxygen atoms in total. The molecule has 2 unspecified atom stereocenters. The maximum absolute atomic E-state index is 4.22. The molecule has 0 aliphatic heterocycles. The van der Waals surface area contributed by atoms with Crippen LogP contribution < -0.4 is 5.32 Å². The third-order valence-corrected chi connectivity index (χ3v) is 2.68. The minimum Gasteiger partial charge on any atom is -0.353 e. The molecule has 2 atom stereocenters. The van der Waals surface area contributed by atoms with Crippen LogP contribution in [0.15, 0.2) is 12.4 Å². The number of anilines is 1. The molecule has 0 amide bonds. The topological polar surface area (TPSA) is 29.9 Å². The number of imidazole rings is 1. The monoisotopic (exact) mass is 181 g/mol. The quantitative estimate of drug-likeness (QED) is 0.772. The zero-order valence-electron chi connectivity index (χ0n) is 8.91. The van der Waals surface area contributed by atoms with Gasteiger partial charge in [0.15, 0.2) is 0 Å². The standard InChI is InChI=1S/C10H19N3/c1-5-8(2)9(3)12-10-11-6-7-13(10)4/h6-9H,5H2,1-4H3,(H,11,12). The molecule has 0 spiro atoms. The lowest BCUT2D eigenvalue weighted by Gasteiger charge is -2.20. The minimum atomic E-state index is 0.478. The molecular formula is C10H19N3. The van der Waals surface area contributed by atoms with Crippen LogP contribution in [-0.4, -0.2) is 15.6 Å². The van der Waals surface area contributed by atoms with Crippen molar-refractivity contribution in [3.8, 4) is 0 Å². The van der Waals surface area contributed by atoms with E-state index in [2.05, 4.69) is 31.1 Å². The van der Waals surface area contributed by atoms with Gasteiger partial charge in [0.05, 0.1) is 0 Å². The smallest absolute Gasteiger partial charge is 0.202 e. The Hall–Kier alpha value is -0.990. The van der Waals surface area contributed by atoms with Crippen LogP contribution in [-0.2, 0) is 7.05 Å². The van der Waals surface area contributed by atoms with Crippen LogP contribution in [0.3, 0.4) is 0 Å². The summed E-state index contributed by atoms with van der Waals surface area (Å²) in [5, 5.41) is 3.39. The zero-order valence-corrected chi connectivity index (χ0v) is 8.91. The fraction of sp³-hybridized carbons (Fsp3) is 0.700. The molecule has 1 rings (SSSR count). The molecule has 0 aliphatic rings. The van der Waals surface area contributed by atoms with Crippen molar-refractivity contribution in [1.29, 1.82) is 0 Å². The van der Waals surface area contributed by atoms with Crippen LogP contribution in [0.25, 0.3) is 0 Å². The van der Waals surface area contributed by atoms with Gasteiger partial charge in [0.1, 0.15) is 0 Å². The van der Waals surface area contributed by atoms with E-state index in [1.807, 2.05) is 24.0 Å². The third-order valence-electron chi connectivity index (χ3n) is 2.68. The molecule has 1 aromatic heterocycles. The zero-order chi connectivity index (χ0) is 9.84. The Morgan fingerprint density at radius 3 is 2.69 bits per heavy atom. The molecule has 1 N–H and O–H groups in total. The highest BCUT2D eigenvalue weighted by atomic mass is 15.2. The first-order valence-electron chi connectivity index (χ1n) is 4.89. The van der Waals surface area contributed by atoms with E-state index in [1.54, 1.807) is 0 Å². The largest absolute Gasteiger partial charge is 0.353 e. The molecule has 0 aliphatic carbocycles. The van der Waals surface area contributed by atoms with Gasteiger partial charge in [0.25, 0.3) is 0 Å². The molecule has 0 bridgehead atoms. The Morgan fingerprint density at radius 2 is 2.23 bits per heavy atom. The predicted octanol–water partition coefficient (Wildman–Crippen LogP) is 2.27. The SMILES string of the molecule is CCC(C)C(C)Nc1nccn1C. The van der Waals surface area contributed by atoms with Crippen molar-refractivity contribution in [2.75, 3.05) is 5.32 Å². The van der Waals surface area contributed by atoms with Crippen molar-refractivity contribution >= 4 is 5.95 Å². The van der Waals surface area contributed by atoms with E-state index < -0.39 is 0 Å². The van der Waals surface area contributed by atoms with Gasteiger partial charge in [-0.3, -0.25) is 0 Å². The normalized spacial score (nSPS) is 15.4. The number of aryl methyl sites for hydroxylation is 1. The molecule has 13 heavy (non-hydrogen) atoms. The van der Waals surface area contributed by atoms with Crippen molar-refractivity contribution in [3.63, 3.8) is 0 Å². The number of nitrogens with zero attached hydrogens (tertiary/aromatic N) is 2. The Kier molecular flexibility index (Phi) is 3.34. The highest BCUT2D eigenvalue weighted by molar-refractivity contribution is 5.26. The van der Waals surface area contributed by atoms with Crippen LogP contribution in [0.2, 0.25) is 0 Å². The number of hydrogen-bond acceptors (Lipinski definition) is 2. The highest BCUT2D eigenvalue weighted by Crippen LogP contribution is 2.12. The van der Waals surface area contributed by atoms with Gasteiger partial charge in [-0.2, -0.15) is 0 Å². The summed E-state index contributed by atoms with van der Waals surface area (Å²) in [6.45, 7) is 6.66. The van der Waals surface area contributed by atoms with E-state index in [0.29, 0.717) is 12.0 Å². The van der Waals surface area contributed by atoms with Gasteiger partial charge in [-0.1, -0.05) is 20.3 Å². The molecule has 74 valence electrons. The summed E-state index contributed by atoms with van der Waals surface area (Å²) in [4.78, 5) is 4.22. The maximum Gasteiger partial charge on any atom is 0.202 e. The van der Waals surface area contributed by atoms with Gasteiger partial charge in [-0.25, -0.2) is 4.98 Å². The number of hydrogen-bond donors (Lipinski definition) is 1. The lowest BCUT2D eigenvalue weighted by molar-refractivity contribution is 0.491. The molecule has 0 aromatic carbocycles. The average Bonchev–Trinajstić information content (AvgIpc) is 2.50. The van der Waals surface area contributed by atoms with E-state index in [4.69, 9.17) is 0 Å². The van der Waals surface area contributed by atoms with Crippen LogP contribution in [0, 0.1) is 5.92 Å². The second-order valence-electron chi connectivity index (χ2n) is 3.68. The van der Waals surface area contributed by atoms with Gasteiger partial charge >= 0.3 is 0 Å². The van der Waals surface area contributed by atoms with E-state index in [-0.39, 0.29) is 0 Å². The predicted molar refractivity (Wildman–Crippen MR) is 55.7 cm³/mol. The van der Waals surface area contributed by atoms with Crippen molar-refractivity contribution < 1.29 is 0 Å². The summed E-state index contributed by atoms with van der Waals surface area (Å²) in [6, 6.07) is 0.478. The van der Waals surface area contributed by atoms with Crippen molar-refractivity contribution in [2.24, 2.45) is 13.0 Å². The van der Waals surface area contributed by atoms with Crippen LogP contribution >= 0.6 is 0 Å². The summed E-state index contributed by atoms with van der Waals surface area (Å²) < 4.78 is 2.00. The molecule has 1 heterocycles. The minimum absolute atomic E-state index is 0.478. The summed E-state index contributed by atoms with van der Waals surface area (Å²) >= 11 is 0. The van der Waals surface area contributed by atoms with Crippen LogP contribution in [0.1, 0.15) is 27.2 Å². The molecule has 0 saturated carbocycles. The van der Waals surface area contributed by atoms with E-state index in [9.17, 15) is 0 Å². The van der Waals surface area contributed by atoms with Gasteiger partial charge < -0.3 is 9.88 Å². The molecule has 0 saturated heterocycles. The number of aromatic nitrogens is 2. The molecule has 3 heteroatoms. The Bertz CT molecular complexity index is 254. The van der Waals surface area contributed by atoms with Gasteiger partial charge in [0, 0.05) is 25.5 Å². The fourth-order valence-corrected chi connectivity index (χ4v) is 1.20. The first kappa shape index (κ1) is 10.1. The number of nitrogens with one attached hydrogen (secondary N) is 1. The summed E-state index contributed by atoms with van der Waals surface area (Å²) in [6.07, 6.45) is 4.95. The molecule has 1 aromatic rings. The lowest BCUT2D eigenvalue weighted by atomic mass is 10.0. The Balaban J connectivity index is 2.54. The second kappa shape index (κ2) is 4.30. The molecular weight excluding hydrogens is 162 g/mol. The average molecular weight is 181 g/mol. The van der Waals surface area contributed by atoms with Crippen LogP contribution in [0.4, 0.5) is 5.95 Å². The summed E-state index contributed by atoms with van der Waals surface area (Å²) in [5.41, 5.74) is 0. The first-order valence-corrected chi connectivity index (χ1v) is 4.89. The molecule has 0 radical (unpaired) electrons. The Morgan fingerprint density at radius 1 is 1.54 bits per heavy atom.